The van der Waals surface area contributed by atoms with Crippen molar-refractivity contribution in [2.24, 2.45) is 0 Å². The molecule has 0 bridgehead atoms. The van der Waals surface area contributed by atoms with Gasteiger partial charge in [0, 0.05) is 30.7 Å². The molecule has 4 nitrogen and oxygen atoms in total. The molecule has 0 saturated carbocycles. The number of β-amino-alcohol motifs (C(OH)–C–C–N with tert-alkyl or cyclic N) is 1. The van der Waals surface area contributed by atoms with Crippen LogP contribution in [0.3, 0.4) is 0 Å². The zero-order valence-corrected chi connectivity index (χ0v) is 12.0. The van der Waals surface area contributed by atoms with E-state index in [0.717, 1.165) is 13.1 Å². The van der Waals surface area contributed by atoms with E-state index in [1.807, 2.05) is 0 Å². The summed E-state index contributed by atoms with van der Waals surface area (Å²) in [6, 6.07) is 5.12. The standard InChI is InChI=1S/C13H17Cl2NO3/c14-10-1-2-12(15)13(7-10)19-9-11-8-16(3-5-17)4-6-18-11/h1-2,7,11,17H,3-6,8-9H2/t11-/m0/s1. The number of ether oxygens (including phenoxy) is 2. The number of halogens is 2. The molecule has 6 heteroatoms. The highest BCUT2D eigenvalue weighted by atomic mass is 35.5. The quantitative estimate of drug-likeness (QED) is 0.904. The largest absolute Gasteiger partial charge is 0.489 e. The van der Waals surface area contributed by atoms with Crippen LogP contribution >= 0.6 is 23.2 Å². The van der Waals surface area contributed by atoms with Crippen LogP contribution in [0.15, 0.2) is 18.2 Å². The van der Waals surface area contributed by atoms with E-state index in [-0.39, 0.29) is 12.7 Å². The van der Waals surface area contributed by atoms with Gasteiger partial charge in [0.2, 0.25) is 0 Å². The van der Waals surface area contributed by atoms with Gasteiger partial charge in [-0.25, -0.2) is 0 Å². The van der Waals surface area contributed by atoms with Gasteiger partial charge in [-0.1, -0.05) is 23.2 Å². The lowest BCUT2D eigenvalue weighted by atomic mass is 10.3. The van der Waals surface area contributed by atoms with Crippen molar-refractivity contribution in [2.75, 3.05) is 39.5 Å². The zero-order chi connectivity index (χ0) is 13.7. The van der Waals surface area contributed by atoms with Gasteiger partial charge in [-0.05, 0) is 12.1 Å². The van der Waals surface area contributed by atoms with Gasteiger partial charge in [-0.2, -0.15) is 0 Å². The summed E-state index contributed by atoms with van der Waals surface area (Å²) in [7, 11) is 0. The molecule has 0 spiro atoms. The molecule has 0 radical (unpaired) electrons. The molecule has 0 unspecified atom stereocenters. The normalized spacial score (nSPS) is 20.5. The molecule has 1 aliphatic rings. The number of morpholine rings is 1. The summed E-state index contributed by atoms with van der Waals surface area (Å²) in [6.07, 6.45) is -0.0182. The van der Waals surface area contributed by atoms with Crippen LogP contribution in [0.1, 0.15) is 0 Å². The van der Waals surface area contributed by atoms with E-state index < -0.39 is 0 Å². The van der Waals surface area contributed by atoms with Crippen LogP contribution in [-0.4, -0.2) is 55.6 Å². The Balaban J connectivity index is 1.86. The molecule has 1 aromatic rings. The smallest absolute Gasteiger partial charge is 0.139 e. The Morgan fingerprint density at radius 1 is 1.42 bits per heavy atom. The monoisotopic (exact) mass is 305 g/mol. The Labute approximate surface area is 122 Å². The number of rotatable bonds is 5. The highest BCUT2D eigenvalue weighted by molar-refractivity contribution is 6.34. The van der Waals surface area contributed by atoms with E-state index in [9.17, 15) is 0 Å². The second-order valence-electron chi connectivity index (χ2n) is 4.40. The second-order valence-corrected chi connectivity index (χ2v) is 5.25. The third kappa shape index (κ3) is 4.51. The molecule has 0 aliphatic carbocycles. The van der Waals surface area contributed by atoms with Crippen LogP contribution in [0.25, 0.3) is 0 Å². The van der Waals surface area contributed by atoms with Crippen molar-refractivity contribution in [1.29, 1.82) is 0 Å². The fourth-order valence-corrected chi connectivity index (χ4v) is 2.33. The minimum Gasteiger partial charge on any atom is -0.489 e. The lowest BCUT2D eigenvalue weighted by Gasteiger charge is -2.32. The van der Waals surface area contributed by atoms with Crippen LogP contribution in [-0.2, 0) is 4.74 Å². The SMILES string of the molecule is OCCN1CCO[C@H](COc2cc(Cl)ccc2Cl)C1. The minimum atomic E-state index is -0.0182. The maximum atomic E-state index is 8.93. The summed E-state index contributed by atoms with van der Waals surface area (Å²) in [5, 5.41) is 10.1. The molecule has 19 heavy (non-hydrogen) atoms. The number of aliphatic hydroxyl groups is 1. The lowest BCUT2D eigenvalue weighted by Crippen LogP contribution is -2.45. The molecule has 1 aliphatic heterocycles. The van der Waals surface area contributed by atoms with Crippen LogP contribution in [0, 0.1) is 0 Å². The van der Waals surface area contributed by atoms with Gasteiger partial charge in [-0.15, -0.1) is 0 Å². The van der Waals surface area contributed by atoms with Crippen molar-refractivity contribution >= 4 is 23.2 Å². The molecular formula is C13H17Cl2NO3. The van der Waals surface area contributed by atoms with Crippen molar-refractivity contribution < 1.29 is 14.6 Å². The molecule has 1 saturated heterocycles. The molecule has 1 N–H and O–H groups in total. The van der Waals surface area contributed by atoms with Crippen molar-refractivity contribution in [1.82, 2.24) is 4.90 Å². The van der Waals surface area contributed by atoms with E-state index in [1.165, 1.54) is 0 Å². The Bertz CT molecular complexity index is 415. The van der Waals surface area contributed by atoms with E-state index in [2.05, 4.69) is 4.90 Å². The van der Waals surface area contributed by atoms with Gasteiger partial charge in [0.25, 0.3) is 0 Å². The van der Waals surface area contributed by atoms with Gasteiger partial charge in [-0.3, -0.25) is 4.90 Å². The average molecular weight is 306 g/mol. The number of hydrogen-bond donors (Lipinski definition) is 1. The molecule has 106 valence electrons. The molecule has 1 atom stereocenters. The van der Waals surface area contributed by atoms with Gasteiger partial charge < -0.3 is 14.6 Å². The topological polar surface area (TPSA) is 41.9 Å². The molecular weight excluding hydrogens is 289 g/mol. The summed E-state index contributed by atoms with van der Waals surface area (Å²) in [6.45, 7) is 3.48. The number of aliphatic hydroxyl groups excluding tert-OH is 1. The first-order chi connectivity index (χ1) is 9.19. The fourth-order valence-electron chi connectivity index (χ4n) is 2.00. The first-order valence-electron chi connectivity index (χ1n) is 6.21. The Morgan fingerprint density at radius 3 is 3.05 bits per heavy atom. The summed E-state index contributed by atoms with van der Waals surface area (Å²) < 4.78 is 11.3. The maximum absolute atomic E-state index is 8.93. The maximum Gasteiger partial charge on any atom is 0.139 e. The second kappa shape index (κ2) is 7.31. The highest BCUT2D eigenvalue weighted by Crippen LogP contribution is 2.27. The zero-order valence-electron chi connectivity index (χ0n) is 10.5. The van der Waals surface area contributed by atoms with Gasteiger partial charge in [0.1, 0.15) is 18.5 Å². The van der Waals surface area contributed by atoms with Crippen molar-refractivity contribution in [3.63, 3.8) is 0 Å². The van der Waals surface area contributed by atoms with E-state index >= 15 is 0 Å². The Kier molecular flexibility index (Phi) is 5.73. The first kappa shape index (κ1) is 14.9. The summed E-state index contributed by atoms with van der Waals surface area (Å²) >= 11 is 11.9. The molecule has 1 heterocycles. The Morgan fingerprint density at radius 2 is 2.26 bits per heavy atom. The highest BCUT2D eigenvalue weighted by Gasteiger charge is 2.20. The number of benzene rings is 1. The van der Waals surface area contributed by atoms with Crippen LogP contribution in [0.2, 0.25) is 10.0 Å². The molecule has 1 fully saturated rings. The van der Waals surface area contributed by atoms with Gasteiger partial charge >= 0.3 is 0 Å². The van der Waals surface area contributed by atoms with E-state index in [1.54, 1.807) is 18.2 Å². The predicted octanol–water partition coefficient (Wildman–Crippen LogP) is 2.07. The predicted molar refractivity (Wildman–Crippen MR) is 75.2 cm³/mol. The van der Waals surface area contributed by atoms with Gasteiger partial charge in [0.15, 0.2) is 0 Å². The van der Waals surface area contributed by atoms with Crippen LogP contribution in [0.4, 0.5) is 0 Å². The molecule has 0 aromatic heterocycles. The van der Waals surface area contributed by atoms with Crippen molar-refractivity contribution in [3.8, 4) is 5.75 Å². The number of nitrogens with zero attached hydrogens (tertiary/aromatic N) is 1. The van der Waals surface area contributed by atoms with Crippen LogP contribution < -0.4 is 4.74 Å². The summed E-state index contributed by atoms with van der Waals surface area (Å²) in [5.41, 5.74) is 0. The average Bonchev–Trinajstić information content (AvgIpc) is 2.41. The van der Waals surface area contributed by atoms with E-state index in [0.29, 0.717) is 35.6 Å². The first-order valence-corrected chi connectivity index (χ1v) is 6.97. The van der Waals surface area contributed by atoms with Gasteiger partial charge in [0.05, 0.1) is 18.2 Å². The summed E-state index contributed by atoms with van der Waals surface area (Å²) in [5.74, 6) is 0.567. The fraction of sp³-hybridized carbons (Fsp3) is 0.538. The Hall–Kier alpha value is -0.520. The third-order valence-electron chi connectivity index (χ3n) is 2.96. The van der Waals surface area contributed by atoms with Crippen LogP contribution in [0.5, 0.6) is 5.75 Å². The lowest BCUT2D eigenvalue weighted by molar-refractivity contribution is -0.0508. The van der Waals surface area contributed by atoms with Crippen molar-refractivity contribution in [2.45, 2.75) is 6.10 Å². The summed E-state index contributed by atoms with van der Waals surface area (Å²) in [4.78, 5) is 2.15. The number of hydrogen-bond acceptors (Lipinski definition) is 4. The van der Waals surface area contributed by atoms with Crippen molar-refractivity contribution in [3.05, 3.63) is 28.2 Å². The molecule has 0 amide bonds. The molecule has 2 rings (SSSR count). The minimum absolute atomic E-state index is 0.0182. The van der Waals surface area contributed by atoms with E-state index in [4.69, 9.17) is 37.8 Å². The third-order valence-corrected chi connectivity index (χ3v) is 3.50. The molecule has 1 aromatic carbocycles.